The minimum absolute atomic E-state index is 0.0441. The Hall–Kier alpha value is -3.22. The predicted octanol–water partition coefficient (Wildman–Crippen LogP) is 2.48. The summed E-state index contributed by atoms with van der Waals surface area (Å²) < 4.78 is 1.91. The van der Waals surface area contributed by atoms with Gasteiger partial charge in [0.25, 0.3) is 11.6 Å². The topological polar surface area (TPSA) is 89.5 Å². The normalized spacial score (nSPS) is 10.7. The summed E-state index contributed by atoms with van der Waals surface area (Å²) in [6.07, 6.45) is 3.76. The van der Waals surface area contributed by atoms with Gasteiger partial charge < -0.3 is 9.72 Å². The number of fused-ring (bicyclic) bond motifs is 1. The Morgan fingerprint density at radius 2 is 2.04 bits per heavy atom. The Bertz CT molecular complexity index is 884. The molecule has 3 rings (SSSR count). The summed E-state index contributed by atoms with van der Waals surface area (Å²) in [6, 6.07) is 9.39. The van der Waals surface area contributed by atoms with Gasteiger partial charge in [-0.1, -0.05) is 6.07 Å². The second-order valence-corrected chi connectivity index (χ2v) is 5.14. The molecule has 0 aliphatic heterocycles. The number of benzene rings is 1. The van der Waals surface area contributed by atoms with Crippen molar-refractivity contribution in [2.24, 2.45) is 0 Å². The highest BCUT2D eigenvalue weighted by Gasteiger charge is 2.10. The molecular weight excluding hydrogens is 296 g/mol. The van der Waals surface area contributed by atoms with E-state index in [-0.39, 0.29) is 18.1 Å². The number of rotatable bonds is 4. The number of carbonyl (C=O) groups is 1. The molecule has 0 spiro atoms. The van der Waals surface area contributed by atoms with Gasteiger partial charge in [-0.05, 0) is 30.7 Å². The number of nitro benzene ring substituents is 1. The second-order valence-electron chi connectivity index (χ2n) is 5.14. The number of aryl methyl sites for hydroxylation is 1. The predicted molar refractivity (Wildman–Crippen MR) is 84.2 cm³/mol. The third kappa shape index (κ3) is 3.03. The second kappa shape index (κ2) is 5.88. The van der Waals surface area contributed by atoms with Crippen LogP contribution in [0.25, 0.3) is 5.65 Å². The minimum Gasteiger partial charge on any atom is -0.346 e. The Morgan fingerprint density at radius 1 is 1.30 bits per heavy atom. The summed E-state index contributed by atoms with van der Waals surface area (Å²) in [5.41, 5.74) is 2.98. The number of pyridine rings is 1. The fourth-order valence-corrected chi connectivity index (χ4v) is 2.30. The first kappa shape index (κ1) is 14.7. The standard InChI is InChI=1S/C16H14N4O3/c1-11-3-2-8-19-10-13(18-15(11)19)9-17-16(21)12-4-6-14(7-5-12)20(22)23/h2-8,10H,9H2,1H3,(H,17,21). The van der Waals surface area contributed by atoms with Crippen molar-refractivity contribution in [1.29, 1.82) is 0 Å². The van der Waals surface area contributed by atoms with Crippen LogP contribution in [0, 0.1) is 17.0 Å². The Labute approximate surface area is 131 Å². The van der Waals surface area contributed by atoms with Crippen molar-refractivity contribution < 1.29 is 9.72 Å². The number of nitrogens with one attached hydrogen (secondary N) is 1. The van der Waals surface area contributed by atoms with Crippen molar-refractivity contribution in [2.45, 2.75) is 13.5 Å². The van der Waals surface area contributed by atoms with Gasteiger partial charge in [-0.3, -0.25) is 14.9 Å². The van der Waals surface area contributed by atoms with E-state index in [0.717, 1.165) is 16.9 Å². The molecule has 0 bridgehead atoms. The number of non-ortho nitro benzene ring substituents is 1. The molecule has 0 unspecified atom stereocenters. The summed E-state index contributed by atoms with van der Waals surface area (Å²) in [5.74, 6) is -0.298. The maximum absolute atomic E-state index is 12.1. The van der Waals surface area contributed by atoms with E-state index < -0.39 is 4.92 Å². The molecule has 0 aliphatic rings. The SMILES string of the molecule is Cc1cccn2cc(CNC(=O)c3ccc([N+](=O)[O-])cc3)nc12. The number of imidazole rings is 1. The van der Waals surface area contributed by atoms with Gasteiger partial charge in [-0.25, -0.2) is 4.98 Å². The molecule has 0 fully saturated rings. The van der Waals surface area contributed by atoms with E-state index in [4.69, 9.17) is 0 Å². The lowest BCUT2D eigenvalue weighted by Crippen LogP contribution is -2.22. The van der Waals surface area contributed by atoms with Crippen LogP contribution in [0.5, 0.6) is 0 Å². The molecule has 2 heterocycles. The molecule has 1 amide bonds. The van der Waals surface area contributed by atoms with Crippen molar-refractivity contribution >= 4 is 17.2 Å². The van der Waals surface area contributed by atoms with E-state index >= 15 is 0 Å². The highest BCUT2D eigenvalue weighted by Crippen LogP contribution is 2.12. The molecule has 116 valence electrons. The summed E-state index contributed by atoms with van der Waals surface area (Å²) in [6.45, 7) is 2.26. The molecule has 0 saturated heterocycles. The van der Waals surface area contributed by atoms with E-state index in [1.54, 1.807) is 0 Å². The first-order valence-corrected chi connectivity index (χ1v) is 7.00. The van der Waals surface area contributed by atoms with Gasteiger partial charge in [0.15, 0.2) is 0 Å². The number of hydrogen-bond acceptors (Lipinski definition) is 4. The van der Waals surface area contributed by atoms with Gasteiger partial charge in [-0.15, -0.1) is 0 Å². The van der Waals surface area contributed by atoms with Gasteiger partial charge >= 0.3 is 0 Å². The molecule has 7 nitrogen and oxygen atoms in total. The van der Waals surface area contributed by atoms with Crippen LogP contribution >= 0.6 is 0 Å². The van der Waals surface area contributed by atoms with Gasteiger partial charge in [0.1, 0.15) is 5.65 Å². The van der Waals surface area contributed by atoms with Gasteiger partial charge in [-0.2, -0.15) is 0 Å². The fourth-order valence-electron chi connectivity index (χ4n) is 2.30. The summed E-state index contributed by atoms with van der Waals surface area (Å²) in [5, 5.41) is 13.4. The van der Waals surface area contributed by atoms with Crippen LogP contribution < -0.4 is 5.32 Å². The van der Waals surface area contributed by atoms with Crippen LogP contribution in [-0.4, -0.2) is 20.2 Å². The van der Waals surface area contributed by atoms with Crippen molar-refractivity contribution in [1.82, 2.24) is 14.7 Å². The first-order valence-electron chi connectivity index (χ1n) is 7.00. The quantitative estimate of drug-likeness (QED) is 0.592. The van der Waals surface area contributed by atoms with Gasteiger partial charge in [0.2, 0.25) is 0 Å². The number of amides is 1. The molecule has 2 aromatic heterocycles. The van der Waals surface area contributed by atoms with Crippen molar-refractivity contribution in [3.8, 4) is 0 Å². The average Bonchev–Trinajstić information content (AvgIpc) is 2.97. The zero-order valence-corrected chi connectivity index (χ0v) is 12.4. The molecule has 7 heteroatoms. The first-order chi connectivity index (χ1) is 11.0. The van der Waals surface area contributed by atoms with Crippen LogP contribution in [0.2, 0.25) is 0 Å². The third-order valence-electron chi connectivity index (χ3n) is 3.50. The zero-order valence-electron chi connectivity index (χ0n) is 12.4. The molecule has 0 atom stereocenters. The Morgan fingerprint density at radius 3 is 2.70 bits per heavy atom. The summed E-state index contributed by atoms with van der Waals surface area (Å²) >= 11 is 0. The van der Waals surface area contributed by atoms with E-state index in [0.29, 0.717) is 5.56 Å². The van der Waals surface area contributed by atoms with Gasteiger partial charge in [0.05, 0.1) is 17.2 Å². The Kier molecular flexibility index (Phi) is 3.76. The molecule has 23 heavy (non-hydrogen) atoms. The molecule has 3 aromatic rings. The molecular formula is C16H14N4O3. The van der Waals surface area contributed by atoms with Crippen LogP contribution in [0.4, 0.5) is 5.69 Å². The monoisotopic (exact) mass is 310 g/mol. The highest BCUT2D eigenvalue weighted by atomic mass is 16.6. The molecule has 0 radical (unpaired) electrons. The largest absolute Gasteiger partial charge is 0.346 e. The average molecular weight is 310 g/mol. The molecule has 1 aromatic carbocycles. The molecule has 0 saturated carbocycles. The lowest BCUT2D eigenvalue weighted by Gasteiger charge is -2.02. The van der Waals surface area contributed by atoms with Crippen LogP contribution in [0.3, 0.4) is 0 Å². The number of nitrogens with zero attached hydrogens (tertiary/aromatic N) is 3. The van der Waals surface area contributed by atoms with E-state index in [2.05, 4.69) is 10.3 Å². The van der Waals surface area contributed by atoms with Crippen LogP contribution in [-0.2, 0) is 6.54 Å². The fraction of sp³-hybridized carbons (Fsp3) is 0.125. The number of nitro groups is 1. The summed E-state index contributed by atoms with van der Waals surface area (Å²) in [7, 11) is 0. The van der Waals surface area contributed by atoms with Crippen LogP contribution in [0.1, 0.15) is 21.6 Å². The molecule has 0 aliphatic carbocycles. The lowest BCUT2D eigenvalue weighted by atomic mass is 10.2. The number of aromatic nitrogens is 2. The molecule has 1 N–H and O–H groups in total. The highest BCUT2D eigenvalue weighted by molar-refractivity contribution is 5.94. The van der Waals surface area contributed by atoms with Crippen molar-refractivity contribution in [3.63, 3.8) is 0 Å². The van der Waals surface area contributed by atoms with E-state index in [9.17, 15) is 14.9 Å². The van der Waals surface area contributed by atoms with E-state index in [1.807, 2.05) is 35.9 Å². The smallest absolute Gasteiger partial charge is 0.269 e. The number of hydrogen-bond donors (Lipinski definition) is 1. The summed E-state index contributed by atoms with van der Waals surface area (Å²) in [4.78, 5) is 26.6. The van der Waals surface area contributed by atoms with Crippen molar-refractivity contribution in [3.05, 3.63) is 75.7 Å². The lowest BCUT2D eigenvalue weighted by molar-refractivity contribution is -0.384. The maximum atomic E-state index is 12.1. The van der Waals surface area contributed by atoms with Crippen molar-refractivity contribution in [2.75, 3.05) is 0 Å². The Balaban J connectivity index is 1.70. The zero-order chi connectivity index (χ0) is 16.4. The maximum Gasteiger partial charge on any atom is 0.269 e. The van der Waals surface area contributed by atoms with Gasteiger partial charge in [0, 0.05) is 30.1 Å². The van der Waals surface area contributed by atoms with E-state index in [1.165, 1.54) is 24.3 Å². The number of carbonyl (C=O) groups excluding carboxylic acids is 1. The van der Waals surface area contributed by atoms with Crippen LogP contribution in [0.15, 0.2) is 48.8 Å². The third-order valence-corrected chi connectivity index (χ3v) is 3.50. The minimum atomic E-state index is -0.499.